The molecule has 2 N–H and O–H groups in total. The van der Waals surface area contributed by atoms with Crippen molar-refractivity contribution in [2.75, 3.05) is 6.61 Å². The van der Waals surface area contributed by atoms with E-state index in [-0.39, 0.29) is 24.5 Å². The number of imide groups is 1. The second-order valence-corrected chi connectivity index (χ2v) is 6.69. The zero-order valence-corrected chi connectivity index (χ0v) is 14.6. The number of ether oxygens (including phenoxy) is 1. The number of carbonyl (C=O) groups excluding carboxylic acids is 2. The summed E-state index contributed by atoms with van der Waals surface area (Å²) < 4.78 is 7.56. The van der Waals surface area contributed by atoms with Gasteiger partial charge in [0.15, 0.2) is 0 Å². The fraction of sp³-hybridized carbons (Fsp3) is 0.389. The Kier molecular flexibility index (Phi) is 4.54. The van der Waals surface area contributed by atoms with Crippen molar-refractivity contribution in [2.45, 2.75) is 31.6 Å². The smallest absolute Gasteiger partial charge is 0.253 e. The molecule has 9 heteroatoms. The van der Waals surface area contributed by atoms with Gasteiger partial charge in [-0.25, -0.2) is 4.68 Å². The molecule has 0 bridgehead atoms. The number of aliphatic hydroxyl groups is 1. The Morgan fingerprint density at radius 3 is 2.93 bits per heavy atom. The number of carbonyl (C=O) groups is 2. The summed E-state index contributed by atoms with van der Waals surface area (Å²) in [5.74, 6) is -1.36. The van der Waals surface area contributed by atoms with Gasteiger partial charge in [0, 0.05) is 11.8 Å². The number of rotatable bonds is 4. The summed E-state index contributed by atoms with van der Waals surface area (Å²) in [7, 11) is 0. The van der Waals surface area contributed by atoms with Gasteiger partial charge in [0.25, 0.3) is 5.91 Å². The average Bonchev–Trinajstić information content (AvgIpc) is 3.32. The molecule has 4 heterocycles. The highest BCUT2D eigenvalue weighted by atomic mass is 16.5. The van der Waals surface area contributed by atoms with E-state index >= 15 is 0 Å². The highest BCUT2D eigenvalue weighted by Crippen LogP contribution is 2.36. The van der Waals surface area contributed by atoms with Gasteiger partial charge in [0.2, 0.25) is 5.91 Å². The van der Waals surface area contributed by atoms with Crippen LogP contribution in [0.2, 0.25) is 0 Å². The minimum absolute atomic E-state index is 0.212. The van der Waals surface area contributed by atoms with Crippen LogP contribution in [0, 0.1) is 5.92 Å². The van der Waals surface area contributed by atoms with Crippen LogP contribution in [0.1, 0.15) is 19.4 Å². The van der Waals surface area contributed by atoms with E-state index in [2.05, 4.69) is 20.6 Å². The van der Waals surface area contributed by atoms with Gasteiger partial charge in [-0.3, -0.25) is 19.9 Å². The number of hydrogen-bond donors (Lipinski definition) is 2. The lowest BCUT2D eigenvalue weighted by Gasteiger charge is -2.23. The number of hydrogen-bond acceptors (Lipinski definition) is 7. The van der Waals surface area contributed by atoms with Crippen molar-refractivity contribution in [1.29, 1.82) is 0 Å². The van der Waals surface area contributed by atoms with E-state index in [0.29, 0.717) is 23.4 Å². The topological polar surface area (TPSA) is 119 Å². The molecule has 4 rings (SSSR count). The summed E-state index contributed by atoms with van der Waals surface area (Å²) in [4.78, 5) is 28.1. The van der Waals surface area contributed by atoms with Gasteiger partial charge >= 0.3 is 0 Å². The van der Waals surface area contributed by atoms with E-state index in [9.17, 15) is 14.7 Å². The molecule has 0 aliphatic carbocycles. The number of nitrogens with zero attached hydrogens (tertiary/aromatic N) is 4. The molecule has 1 fully saturated rings. The van der Waals surface area contributed by atoms with E-state index in [0.717, 1.165) is 0 Å². The van der Waals surface area contributed by atoms with Gasteiger partial charge in [-0.05, 0) is 25.5 Å². The predicted molar refractivity (Wildman–Crippen MR) is 93.1 cm³/mol. The van der Waals surface area contributed by atoms with Gasteiger partial charge in [-0.1, -0.05) is 17.4 Å². The first-order chi connectivity index (χ1) is 13.1. The van der Waals surface area contributed by atoms with Crippen molar-refractivity contribution in [3.05, 3.63) is 42.2 Å². The summed E-state index contributed by atoms with van der Waals surface area (Å²) in [6, 6.07) is 5.25. The molecule has 0 spiro atoms. The molecule has 2 aliphatic heterocycles. The Labute approximate surface area is 155 Å². The van der Waals surface area contributed by atoms with E-state index < -0.39 is 18.1 Å². The zero-order chi connectivity index (χ0) is 19.0. The third-order valence-electron chi connectivity index (χ3n) is 4.94. The maximum absolute atomic E-state index is 12.2. The maximum Gasteiger partial charge on any atom is 0.253 e. The van der Waals surface area contributed by atoms with Gasteiger partial charge in [-0.15, -0.1) is 5.10 Å². The third-order valence-corrected chi connectivity index (χ3v) is 4.94. The first kappa shape index (κ1) is 17.5. The van der Waals surface area contributed by atoms with Gasteiger partial charge in [0.05, 0.1) is 36.6 Å². The van der Waals surface area contributed by atoms with Crippen LogP contribution >= 0.6 is 0 Å². The Bertz CT molecular complexity index is 894. The molecular weight excluding hydrogens is 350 g/mol. The van der Waals surface area contributed by atoms with Crippen molar-refractivity contribution in [2.24, 2.45) is 5.92 Å². The third kappa shape index (κ3) is 3.26. The molecule has 4 atom stereocenters. The quantitative estimate of drug-likeness (QED) is 0.742. The van der Waals surface area contributed by atoms with E-state index in [1.165, 1.54) is 0 Å². The lowest BCUT2D eigenvalue weighted by Crippen LogP contribution is -2.44. The van der Waals surface area contributed by atoms with E-state index in [1.54, 1.807) is 30.1 Å². The van der Waals surface area contributed by atoms with Crippen LogP contribution in [-0.2, 0) is 14.3 Å². The molecule has 140 valence electrons. The van der Waals surface area contributed by atoms with Crippen molar-refractivity contribution < 1.29 is 19.4 Å². The van der Waals surface area contributed by atoms with E-state index in [1.807, 2.05) is 18.2 Å². The first-order valence-electron chi connectivity index (χ1n) is 8.70. The second kappa shape index (κ2) is 7.01. The molecular formula is C18H19N5O4. The van der Waals surface area contributed by atoms with Crippen molar-refractivity contribution in [3.8, 4) is 11.4 Å². The maximum atomic E-state index is 12.2. The van der Waals surface area contributed by atoms with Crippen LogP contribution in [-0.4, -0.2) is 55.7 Å². The van der Waals surface area contributed by atoms with Gasteiger partial charge in [0.1, 0.15) is 11.8 Å². The Morgan fingerprint density at radius 2 is 2.19 bits per heavy atom. The number of amides is 2. The minimum atomic E-state index is -0.583. The molecule has 2 aromatic heterocycles. The van der Waals surface area contributed by atoms with Crippen molar-refractivity contribution in [3.63, 3.8) is 0 Å². The molecule has 9 nitrogen and oxygen atoms in total. The lowest BCUT2D eigenvalue weighted by atomic mass is 9.92. The van der Waals surface area contributed by atoms with Gasteiger partial charge < -0.3 is 9.84 Å². The van der Waals surface area contributed by atoms with Crippen LogP contribution in [0.3, 0.4) is 0 Å². The Morgan fingerprint density at radius 1 is 1.33 bits per heavy atom. The molecule has 1 saturated heterocycles. The first-order valence-corrected chi connectivity index (χ1v) is 8.70. The number of aliphatic hydroxyl groups excluding tert-OH is 1. The predicted octanol–water partition coefficient (Wildman–Crippen LogP) is 0.250. The molecule has 0 aromatic carbocycles. The Balaban J connectivity index is 1.57. The van der Waals surface area contributed by atoms with Crippen molar-refractivity contribution in [1.82, 2.24) is 25.3 Å². The van der Waals surface area contributed by atoms with Crippen LogP contribution in [0.5, 0.6) is 0 Å². The molecule has 0 saturated carbocycles. The molecule has 0 radical (unpaired) electrons. The average molecular weight is 369 g/mol. The van der Waals surface area contributed by atoms with Crippen LogP contribution in [0.4, 0.5) is 0 Å². The fourth-order valence-electron chi connectivity index (χ4n) is 3.50. The molecule has 2 aromatic rings. The number of pyridine rings is 1. The molecule has 2 aliphatic rings. The van der Waals surface area contributed by atoms with Crippen molar-refractivity contribution >= 4 is 11.8 Å². The minimum Gasteiger partial charge on any atom is -0.394 e. The summed E-state index contributed by atoms with van der Waals surface area (Å²) in [5, 5.41) is 20.4. The zero-order valence-electron chi connectivity index (χ0n) is 14.6. The van der Waals surface area contributed by atoms with Crippen LogP contribution in [0.25, 0.3) is 11.4 Å². The largest absolute Gasteiger partial charge is 0.394 e. The lowest BCUT2D eigenvalue weighted by molar-refractivity contribution is -0.134. The standard InChI is InChI=1S/C18H19N5O4/c1-10-6-11(18(26)20-17(10)25)15-7-14(16(9-24)27-15)23-8-13(21-22-23)12-4-2-3-5-19-12/h2-6,8,11,14-16,24H,7,9H2,1H3,(H,20,25,26)/t11?,14-,15+,16+/m0/s1. The fourth-order valence-corrected chi connectivity index (χ4v) is 3.50. The van der Waals surface area contributed by atoms with E-state index in [4.69, 9.17) is 4.74 Å². The highest BCUT2D eigenvalue weighted by Gasteiger charge is 2.43. The second-order valence-electron chi connectivity index (χ2n) is 6.69. The Hall–Kier alpha value is -2.91. The normalized spacial score (nSPS) is 28.1. The number of nitrogens with one attached hydrogen (secondary N) is 1. The summed E-state index contributed by atoms with van der Waals surface area (Å²) in [6.07, 6.45) is 4.55. The summed E-state index contributed by atoms with van der Waals surface area (Å²) in [5.41, 5.74) is 1.79. The molecule has 2 amide bonds. The monoisotopic (exact) mass is 369 g/mol. The van der Waals surface area contributed by atoms with Crippen LogP contribution < -0.4 is 5.32 Å². The van der Waals surface area contributed by atoms with Gasteiger partial charge in [-0.2, -0.15) is 0 Å². The number of aromatic nitrogens is 4. The molecule has 27 heavy (non-hydrogen) atoms. The van der Waals surface area contributed by atoms with Crippen LogP contribution in [0.15, 0.2) is 42.2 Å². The summed E-state index contributed by atoms with van der Waals surface area (Å²) in [6.45, 7) is 1.44. The highest BCUT2D eigenvalue weighted by molar-refractivity contribution is 6.08. The molecule has 1 unspecified atom stereocenters. The summed E-state index contributed by atoms with van der Waals surface area (Å²) >= 11 is 0. The SMILES string of the molecule is CC1=CC([C@H]2C[C@H](n3cc(-c4ccccn4)nn3)[C@@H](CO)O2)C(=O)NC1=O.